The van der Waals surface area contributed by atoms with Gasteiger partial charge in [-0.15, -0.1) is 0 Å². The van der Waals surface area contributed by atoms with Gasteiger partial charge in [0.05, 0.1) is 0 Å². The van der Waals surface area contributed by atoms with Crippen molar-refractivity contribution in [2.45, 2.75) is 38.5 Å². The van der Waals surface area contributed by atoms with E-state index in [0.29, 0.717) is 6.54 Å². The lowest BCUT2D eigenvalue weighted by molar-refractivity contribution is 0.0636. The van der Waals surface area contributed by atoms with Crippen molar-refractivity contribution in [1.29, 1.82) is 0 Å². The van der Waals surface area contributed by atoms with Gasteiger partial charge in [-0.05, 0) is 49.3 Å². The van der Waals surface area contributed by atoms with Crippen molar-refractivity contribution in [1.82, 2.24) is 0 Å². The number of benzene rings is 1. The van der Waals surface area contributed by atoms with Gasteiger partial charge in [-0.2, -0.15) is 0 Å². The summed E-state index contributed by atoms with van der Waals surface area (Å²) >= 11 is 0. The van der Waals surface area contributed by atoms with E-state index in [2.05, 4.69) is 12.1 Å². The maximum atomic E-state index is 12.5. The molecule has 1 saturated carbocycles. The lowest BCUT2D eigenvalue weighted by Crippen LogP contribution is -2.44. The molecule has 0 saturated heterocycles. The van der Waals surface area contributed by atoms with Crippen LogP contribution in [0.2, 0.25) is 0 Å². The Morgan fingerprint density at radius 3 is 2.59 bits per heavy atom. The van der Waals surface area contributed by atoms with E-state index in [1.165, 1.54) is 24.0 Å². The minimum atomic E-state index is -0.229. The number of carbonyl (C=O) groups is 1. The number of hydrogen-bond donors (Lipinski definition) is 1. The predicted octanol–water partition coefficient (Wildman–Crippen LogP) is 2.49. The van der Waals surface area contributed by atoms with Crippen molar-refractivity contribution < 1.29 is 4.79 Å². The molecular weight excluding hydrogens is 210 g/mol. The molecule has 1 aromatic rings. The third kappa shape index (κ3) is 1.62. The maximum Gasteiger partial charge on any atom is 0.170 e. The van der Waals surface area contributed by atoms with E-state index in [9.17, 15) is 4.79 Å². The van der Waals surface area contributed by atoms with Crippen molar-refractivity contribution in [3.8, 4) is 0 Å². The number of carbonyl (C=O) groups excluding carboxylic acids is 1. The number of rotatable bonds is 3. The van der Waals surface area contributed by atoms with Crippen molar-refractivity contribution in [2.75, 3.05) is 6.54 Å². The van der Waals surface area contributed by atoms with E-state index >= 15 is 0 Å². The molecule has 0 aromatic heterocycles. The van der Waals surface area contributed by atoms with Gasteiger partial charge in [0.2, 0.25) is 0 Å². The average Bonchev–Trinajstić information content (AvgIpc) is 2.74. The topological polar surface area (TPSA) is 43.1 Å². The van der Waals surface area contributed by atoms with E-state index in [-0.39, 0.29) is 11.2 Å². The number of fused-ring (bicyclic) bond motifs is 1. The number of hydrogen-bond acceptors (Lipinski definition) is 2. The Kier molecular flexibility index (Phi) is 2.55. The standard InChI is InChI=1S/C15H19NO/c16-10-15(7-2-8-15)14(17)13-6-5-11-3-1-4-12(11)9-13/h5-6,9H,1-4,7-8,10,16H2. The minimum Gasteiger partial charge on any atom is -0.329 e. The molecule has 90 valence electrons. The SMILES string of the molecule is NCC1(C(=O)c2ccc3c(c2)CCC3)CCC1. The fourth-order valence-electron chi connectivity index (χ4n) is 3.15. The molecule has 0 unspecified atom stereocenters. The Bertz CT molecular complexity index is 454. The molecule has 0 atom stereocenters. The third-order valence-corrected chi connectivity index (χ3v) is 4.54. The van der Waals surface area contributed by atoms with E-state index < -0.39 is 0 Å². The second-order valence-corrected chi connectivity index (χ2v) is 5.50. The Morgan fingerprint density at radius 2 is 1.94 bits per heavy atom. The van der Waals surface area contributed by atoms with Crippen LogP contribution < -0.4 is 5.73 Å². The molecule has 0 spiro atoms. The molecule has 0 amide bonds. The number of ketones is 1. The zero-order chi connectivity index (χ0) is 11.9. The smallest absolute Gasteiger partial charge is 0.170 e. The zero-order valence-corrected chi connectivity index (χ0v) is 10.2. The summed E-state index contributed by atoms with van der Waals surface area (Å²) in [6.45, 7) is 0.503. The lowest BCUT2D eigenvalue weighted by atomic mass is 9.64. The molecule has 2 nitrogen and oxygen atoms in total. The van der Waals surface area contributed by atoms with Crippen molar-refractivity contribution in [3.05, 3.63) is 34.9 Å². The van der Waals surface area contributed by atoms with E-state index in [1.54, 1.807) is 0 Å². The van der Waals surface area contributed by atoms with Gasteiger partial charge in [0.1, 0.15) is 0 Å². The third-order valence-electron chi connectivity index (χ3n) is 4.54. The first-order chi connectivity index (χ1) is 8.25. The van der Waals surface area contributed by atoms with Crippen LogP contribution in [-0.2, 0) is 12.8 Å². The van der Waals surface area contributed by atoms with E-state index in [0.717, 1.165) is 31.2 Å². The van der Waals surface area contributed by atoms with Crippen LogP contribution in [0.15, 0.2) is 18.2 Å². The monoisotopic (exact) mass is 229 g/mol. The number of aryl methyl sites for hydroxylation is 2. The van der Waals surface area contributed by atoms with Crippen LogP contribution in [0.5, 0.6) is 0 Å². The first-order valence-corrected chi connectivity index (χ1v) is 6.62. The second-order valence-electron chi connectivity index (χ2n) is 5.50. The first-order valence-electron chi connectivity index (χ1n) is 6.62. The average molecular weight is 229 g/mol. The van der Waals surface area contributed by atoms with E-state index in [1.807, 2.05) is 6.07 Å². The Labute approximate surface area is 102 Å². The molecule has 2 N–H and O–H groups in total. The fourth-order valence-corrected chi connectivity index (χ4v) is 3.15. The molecule has 0 radical (unpaired) electrons. The highest BCUT2D eigenvalue weighted by Crippen LogP contribution is 2.43. The molecule has 2 heteroatoms. The molecule has 3 rings (SSSR count). The summed E-state index contributed by atoms with van der Waals surface area (Å²) < 4.78 is 0. The van der Waals surface area contributed by atoms with Crippen LogP contribution in [-0.4, -0.2) is 12.3 Å². The summed E-state index contributed by atoms with van der Waals surface area (Å²) in [5, 5.41) is 0. The van der Waals surface area contributed by atoms with Crippen molar-refractivity contribution in [3.63, 3.8) is 0 Å². The quantitative estimate of drug-likeness (QED) is 0.809. The molecular formula is C15H19NO. The highest BCUT2D eigenvalue weighted by atomic mass is 16.1. The Balaban J connectivity index is 1.91. The second kappa shape index (κ2) is 3.95. The largest absolute Gasteiger partial charge is 0.329 e. The van der Waals surface area contributed by atoms with Crippen molar-refractivity contribution >= 4 is 5.78 Å². The van der Waals surface area contributed by atoms with Gasteiger partial charge in [0, 0.05) is 17.5 Å². The molecule has 0 aliphatic heterocycles. The summed E-state index contributed by atoms with van der Waals surface area (Å²) in [6.07, 6.45) is 6.62. The molecule has 2 aliphatic carbocycles. The van der Waals surface area contributed by atoms with Gasteiger partial charge in [0.25, 0.3) is 0 Å². The lowest BCUT2D eigenvalue weighted by Gasteiger charge is -2.39. The highest BCUT2D eigenvalue weighted by Gasteiger charge is 2.43. The minimum absolute atomic E-state index is 0.229. The Hall–Kier alpha value is -1.15. The summed E-state index contributed by atoms with van der Waals surface area (Å²) in [5.41, 5.74) is 9.26. The summed E-state index contributed by atoms with van der Waals surface area (Å²) in [5.74, 6) is 0.279. The maximum absolute atomic E-state index is 12.5. The van der Waals surface area contributed by atoms with Gasteiger partial charge in [-0.25, -0.2) is 0 Å². The van der Waals surface area contributed by atoms with Gasteiger partial charge >= 0.3 is 0 Å². The normalized spacial score (nSPS) is 20.8. The van der Waals surface area contributed by atoms with Crippen LogP contribution in [0.3, 0.4) is 0 Å². The summed E-state index contributed by atoms with van der Waals surface area (Å²) in [7, 11) is 0. The summed E-state index contributed by atoms with van der Waals surface area (Å²) in [6, 6.07) is 6.25. The predicted molar refractivity (Wildman–Crippen MR) is 68.1 cm³/mol. The van der Waals surface area contributed by atoms with Crippen LogP contribution in [0.1, 0.15) is 47.2 Å². The van der Waals surface area contributed by atoms with Gasteiger partial charge in [-0.3, -0.25) is 4.79 Å². The molecule has 1 aromatic carbocycles. The van der Waals surface area contributed by atoms with Crippen LogP contribution >= 0.6 is 0 Å². The number of nitrogens with two attached hydrogens (primary N) is 1. The molecule has 0 bridgehead atoms. The zero-order valence-electron chi connectivity index (χ0n) is 10.2. The molecule has 2 aliphatic rings. The van der Waals surface area contributed by atoms with Gasteiger partial charge in [0.15, 0.2) is 5.78 Å². The molecule has 0 heterocycles. The van der Waals surface area contributed by atoms with Gasteiger partial charge in [-0.1, -0.05) is 18.6 Å². The van der Waals surface area contributed by atoms with Gasteiger partial charge < -0.3 is 5.73 Å². The Morgan fingerprint density at radius 1 is 1.18 bits per heavy atom. The molecule has 1 fully saturated rings. The summed E-state index contributed by atoms with van der Waals surface area (Å²) in [4.78, 5) is 12.5. The van der Waals surface area contributed by atoms with Crippen LogP contribution in [0.25, 0.3) is 0 Å². The van der Waals surface area contributed by atoms with E-state index in [4.69, 9.17) is 5.73 Å². The van der Waals surface area contributed by atoms with Crippen molar-refractivity contribution in [2.24, 2.45) is 11.1 Å². The van der Waals surface area contributed by atoms with Crippen LogP contribution in [0.4, 0.5) is 0 Å². The number of Topliss-reactive ketones (excluding diaryl/α,β-unsaturated/α-hetero) is 1. The highest BCUT2D eigenvalue weighted by molar-refractivity contribution is 6.01. The fraction of sp³-hybridized carbons (Fsp3) is 0.533. The van der Waals surface area contributed by atoms with Crippen LogP contribution in [0, 0.1) is 5.41 Å². The molecule has 17 heavy (non-hydrogen) atoms. The first kappa shape index (κ1) is 11.0.